The number of allylic oxidation sites excluding steroid dienone is 1. The van der Waals surface area contributed by atoms with Crippen molar-refractivity contribution in [3.63, 3.8) is 0 Å². The molecule has 0 spiro atoms. The number of rotatable bonds is 19. The first kappa shape index (κ1) is 53.9. The highest BCUT2D eigenvalue weighted by Gasteiger charge is 2.47. The van der Waals surface area contributed by atoms with Crippen LogP contribution in [0.1, 0.15) is 119 Å². The van der Waals surface area contributed by atoms with E-state index in [9.17, 15) is 4.79 Å². The number of unbranched alkanes of at least 4 members (excludes halogenated alkanes) is 10. The van der Waals surface area contributed by atoms with Crippen LogP contribution in [0, 0.1) is 160 Å². The summed E-state index contributed by atoms with van der Waals surface area (Å²) in [6.45, 7) is 14.5. The zero-order valence-corrected chi connectivity index (χ0v) is 38.8. The first-order valence-corrected chi connectivity index (χ1v) is 22.0. The monoisotopic (exact) mass is 856 g/mol. The molecule has 2 rings (SSSR count). The van der Waals surface area contributed by atoms with E-state index in [-0.39, 0.29) is 24.5 Å². The lowest BCUT2D eigenvalue weighted by Gasteiger charge is -2.43. The van der Waals surface area contributed by atoms with E-state index in [2.05, 4.69) is 176 Å². The van der Waals surface area contributed by atoms with E-state index in [1.54, 1.807) is 14.0 Å². The summed E-state index contributed by atoms with van der Waals surface area (Å²) < 4.78 is 36.8. The van der Waals surface area contributed by atoms with Crippen LogP contribution in [-0.2, 0) is 33.2 Å². The van der Waals surface area contributed by atoms with E-state index < -0.39 is 36.4 Å². The van der Waals surface area contributed by atoms with Crippen molar-refractivity contribution in [3.05, 3.63) is 12.2 Å². The van der Waals surface area contributed by atoms with Crippen LogP contribution in [0.15, 0.2) is 12.2 Å². The van der Waals surface area contributed by atoms with E-state index in [1.807, 2.05) is 19.9 Å². The summed E-state index contributed by atoms with van der Waals surface area (Å²) in [6, 6.07) is 0. The summed E-state index contributed by atoms with van der Waals surface area (Å²) in [6.07, 6.45) is 15.2. The fourth-order valence-corrected chi connectivity index (χ4v) is 6.59. The maximum atomic E-state index is 13.1. The number of carbonyl (C=O) groups excluding carboxylic acids is 1. The fourth-order valence-electron chi connectivity index (χ4n) is 6.59. The van der Waals surface area contributed by atoms with Crippen molar-refractivity contribution in [3.8, 4) is 142 Å². The van der Waals surface area contributed by atoms with Crippen molar-refractivity contribution >= 4 is 5.97 Å². The summed E-state index contributed by atoms with van der Waals surface area (Å²) in [4.78, 5) is 13.1. The van der Waals surface area contributed by atoms with Crippen molar-refractivity contribution < 1.29 is 33.2 Å². The van der Waals surface area contributed by atoms with Gasteiger partial charge in [0, 0.05) is 54.5 Å². The predicted octanol–water partition coefficient (Wildman–Crippen LogP) is 7.64. The molecule has 0 N–H and O–H groups in total. The van der Waals surface area contributed by atoms with E-state index >= 15 is 0 Å². The van der Waals surface area contributed by atoms with Gasteiger partial charge in [-0.3, -0.25) is 0 Å². The molecular formula is C57H60O7. The predicted molar refractivity (Wildman–Crippen MR) is 252 cm³/mol. The Morgan fingerprint density at radius 1 is 0.625 bits per heavy atom. The molecule has 64 heavy (non-hydrogen) atoms. The Bertz CT molecular complexity index is 2330. The van der Waals surface area contributed by atoms with Crippen LogP contribution in [0.25, 0.3) is 0 Å². The third-order valence-corrected chi connectivity index (χ3v) is 10.2. The highest BCUT2D eigenvalue weighted by Crippen LogP contribution is 2.37. The van der Waals surface area contributed by atoms with Gasteiger partial charge in [-0.05, 0) is 140 Å². The summed E-state index contributed by atoms with van der Waals surface area (Å²) >= 11 is 0. The van der Waals surface area contributed by atoms with Gasteiger partial charge in [-0.2, -0.15) is 0 Å². The molecular weight excluding hydrogens is 797 g/mol. The molecule has 8 atom stereocenters. The van der Waals surface area contributed by atoms with E-state index in [0.29, 0.717) is 12.5 Å². The topological polar surface area (TPSA) is 72.5 Å². The molecule has 0 amide bonds. The van der Waals surface area contributed by atoms with Crippen molar-refractivity contribution in [2.75, 3.05) is 20.3 Å². The largest absolute Gasteiger partial charge is 0.447 e. The average molecular weight is 857 g/mol. The zero-order valence-electron chi connectivity index (χ0n) is 38.8. The molecule has 2 saturated heterocycles. The van der Waals surface area contributed by atoms with Gasteiger partial charge in [-0.25, -0.2) is 4.79 Å². The second kappa shape index (κ2) is 34.2. The lowest BCUT2D eigenvalue weighted by atomic mass is 9.79. The molecule has 2 heterocycles. The third kappa shape index (κ3) is 24.4. The van der Waals surface area contributed by atoms with Crippen LogP contribution < -0.4 is 0 Å². The lowest BCUT2D eigenvalue weighted by Crippen LogP contribution is -2.49. The molecule has 0 aliphatic carbocycles. The van der Waals surface area contributed by atoms with Crippen LogP contribution in [0.5, 0.6) is 0 Å². The van der Waals surface area contributed by atoms with Crippen molar-refractivity contribution in [2.24, 2.45) is 17.8 Å². The Hall–Kier alpha value is -6.27. The molecule has 0 saturated carbocycles. The van der Waals surface area contributed by atoms with Gasteiger partial charge in [0.05, 0.1) is 19.3 Å². The molecule has 0 radical (unpaired) electrons. The van der Waals surface area contributed by atoms with Gasteiger partial charge in [-0.1, -0.05) is 104 Å². The second-order valence-corrected chi connectivity index (χ2v) is 15.4. The smallest absolute Gasteiger partial charge is 0.385 e. The van der Waals surface area contributed by atoms with Gasteiger partial charge in [0.1, 0.15) is 12.2 Å². The Kier molecular flexibility index (Phi) is 28.8. The molecule has 7 heteroatoms. The van der Waals surface area contributed by atoms with Crippen LogP contribution in [0.3, 0.4) is 0 Å². The van der Waals surface area contributed by atoms with Crippen molar-refractivity contribution in [1.82, 2.24) is 0 Å². The molecule has 0 aromatic rings. The molecule has 7 nitrogen and oxygen atoms in total. The first-order valence-electron chi connectivity index (χ1n) is 22.0. The van der Waals surface area contributed by atoms with Crippen LogP contribution in [0.4, 0.5) is 0 Å². The second-order valence-electron chi connectivity index (χ2n) is 15.4. The average Bonchev–Trinajstić information content (AvgIpc) is 3.59. The molecule has 2 aliphatic rings. The van der Waals surface area contributed by atoms with Gasteiger partial charge in [0.2, 0.25) is 0 Å². The minimum Gasteiger partial charge on any atom is -0.447 e. The van der Waals surface area contributed by atoms with Gasteiger partial charge < -0.3 is 28.4 Å². The molecule has 0 aromatic heterocycles. The normalized spacial score (nSPS) is 20.9. The van der Waals surface area contributed by atoms with E-state index in [1.165, 1.54) is 57.8 Å². The van der Waals surface area contributed by atoms with Gasteiger partial charge >= 0.3 is 5.97 Å². The Labute approximate surface area is 385 Å². The lowest BCUT2D eigenvalue weighted by molar-refractivity contribution is -0.265. The van der Waals surface area contributed by atoms with Crippen molar-refractivity contribution in [1.29, 1.82) is 0 Å². The Morgan fingerprint density at radius 3 is 1.58 bits per heavy atom. The minimum absolute atomic E-state index is 0.00210. The fraction of sp³-hybridized carbons (Fsp3) is 0.526. The van der Waals surface area contributed by atoms with E-state index in [4.69, 9.17) is 28.4 Å². The molecule has 330 valence electrons. The number of carbonyl (C=O) groups is 1. The summed E-state index contributed by atoms with van der Waals surface area (Å²) in [5.41, 5.74) is 0. The molecule has 0 aromatic carbocycles. The number of esters is 1. The quantitative estimate of drug-likeness (QED) is 0.0435. The number of methoxy groups -OCH3 is 1. The highest BCUT2D eigenvalue weighted by molar-refractivity contribution is 5.89. The van der Waals surface area contributed by atoms with Gasteiger partial charge in [0.25, 0.3) is 0 Å². The molecule has 0 bridgehead atoms. The summed E-state index contributed by atoms with van der Waals surface area (Å²) in [5, 5.41) is 0. The SMILES string of the molecule is CC#CC#CC#CC#CC#CC#CC#CC#CC#CC#CC#CC#CC(=O)O[C@@H](COC1OC(COC)C(C)C(C)C1C)[C@@H]1OC(C)(C)O[C@@H]1/C=C\CCCCCCCCCCCC. The maximum Gasteiger partial charge on any atom is 0.385 e. The van der Waals surface area contributed by atoms with Crippen molar-refractivity contribution in [2.45, 2.75) is 156 Å². The standard InChI is InChI=1S/C57H60O7/c1-9-11-13-15-17-19-21-23-24-25-26-27-28-29-30-31-32-33-35-37-39-41-43-45-54(58)61-53(47-60-56-50(5)48(3)49(4)52(62-56)46-59-8)55-51(63-57(6,7)64-55)44-42-40-38-36-34-22-20-18-16-14-12-10-2/h42,44,48-53,55-56H,10,12,14,16,18,20,22,34,36,38,40,46-47H2,1-8H3/b44-42-/t48?,49?,50?,51-,52?,53+,55-,56?/m1/s1. The maximum absolute atomic E-state index is 13.1. The highest BCUT2D eigenvalue weighted by atomic mass is 16.8. The number of hydrogen-bond donors (Lipinski definition) is 0. The van der Waals surface area contributed by atoms with Gasteiger partial charge in [-0.15, -0.1) is 0 Å². The van der Waals surface area contributed by atoms with E-state index in [0.717, 1.165) is 12.8 Å². The molecule has 2 fully saturated rings. The minimum atomic E-state index is -0.917. The van der Waals surface area contributed by atoms with Crippen LogP contribution in [-0.4, -0.2) is 62.8 Å². The van der Waals surface area contributed by atoms with Crippen LogP contribution >= 0.6 is 0 Å². The Balaban J connectivity index is 2.05. The third-order valence-electron chi connectivity index (χ3n) is 10.2. The van der Waals surface area contributed by atoms with Crippen LogP contribution in [0.2, 0.25) is 0 Å². The molecule has 5 unspecified atom stereocenters. The zero-order chi connectivity index (χ0) is 46.5. The summed E-state index contributed by atoms with van der Waals surface area (Å²) in [5.74, 6) is 59.8. The number of hydrogen-bond acceptors (Lipinski definition) is 7. The number of ether oxygens (including phenoxy) is 6. The first-order chi connectivity index (χ1) is 31.1. The molecule has 2 aliphatic heterocycles. The van der Waals surface area contributed by atoms with Gasteiger partial charge in [0.15, 0.2) is 18.2 Å². The summed E-state index contributed by atoms with van der Waals surface area (Å²) in [7, 11) is 1.66. The Morgan fingerprint density at radius 2 is 1.09 bits per heavy atom.